The Bertz CT molecular complexity index is 1060. The molecule has 4 rings (SSSR count). The molecular formula is C23H23N3O2. The molecule has 2 heterocycles. The van der Waals surface area contributed by atoms with Crippen molar-refractivity contribution in [2.45, 2.75) is 32.8 Å². The third kappa shape index (κ3) is 3.74. The number of amides is 1. The lowest BCUT2D eigenvalue weighted by molar-refractivity contribution is 0.0753. The van der Waals surface area contributed by atoms with Gasteiger partial charge in [0, 0.05) is 23.6 Å². The predicted molar refractivity (Wildman–Crippen MR) is 111 cm³/mol. The smallest absolute Gasteiger partial charge is 0.251 e. The van der Waals surface area contributed by atoms with E-state index in [4.69, 9.17) is 4.84 Å². The molecule has 1 unspecified atom stereocenters. The maximum atomic E-state index is 12.6. The second kappa shape index (κ2) is 7.80. The molecule has 5 nitrogen and oxygen atoms in total. The second-order valence-electron chi connectivity index (χ2n) is 7.11. The SMILES string of the molecule is CCC1=NOC(CNC(=O)c2cccc(-c3ccnc4ccc(C)cc34)c2)C1. The highest BCUT2D eigenvalue weighted by atomic mass is 16.6. The predicted octanol–water partition coefficient (Wildman–Crippen LogP) is 4.49. The van der Waals surface area contributed by atoms with Crippen molar-refractivity contribution in [3.63, 3.8) is 0 Å². The highest BCUT2D eigenvalue weighted by molar-refractivity contribution is 5.99. The fraction of sp³-hybridized carbons (Fsp3) is 0.261. The van der Waals surface area contributed by atoms with Crippen molar-refractivity contribution in [2.24, 2.45) is 5.16 Å². The van der Waals surface area contributed by atoms with Crippen LogP contribution >= 0.6 is 0 Å². The summed E-state index contributed by atoms with van der Waals surface area (Å²) in [6.07, 6.45) is 3.39. The Morgan fingerprint density at radius 1 is 1.21 bits per heavy atom. The summed E-state index contributed by atoms with van der Waals surface area (Å²) in [5.74, 6) is -0.107. The van der Waals surface area contributed by atoms with Crippen LogP contribution in [0.5, 0.6) is 0 Å². The second-order valence-corrected chi connectivity index (χ2v) is 7.11. The van der Waals surface area contributed by atoms with Crippen molar-refractivity contribution >= 4 is 22.5 Å². The van der Waals surface area contributed by atoms with E-state index < -0.39 is 0 Å². The molecule has 0 fully saturated rings. The summed E-state index contributed by atoms with van der Waals surface area (Å²) in [5.41, 5.74) is 5.87. The van der Waals surface area contributed by atoms with Crippen LogP contribution in [0.15, 0.2) is 59.9 Å². The van der Waals surface area contributed by atoms with Gasteiger partial charge in [0.1, 0.15) is 6.10 Å². The zero-order chi connectivity index (χ0) is 19.5. The number of nitrogens with one attached hydrogen (secondary N) is 1. The Morgan fingerprint density at radius 3 is 2.93 bits per heavy atom. The lowest BCUT2D eigenvalue weighted by Crippen LogP contribution is -2.32. The first kappa shape index (κ1) is 18.2. The fourth-order valence-corrected chi connectivity index (χ4v) is 3.45. The minimum absolute atomic E-state index is 0.0748. The summed E-state index contributed by atoms with van der Waals surface area (Å²) in [5, 5.41) is 8.08. The van der Waals surface area contributed by atoms with Gasteiger partial charge < -0.3 is 10.2 Å². The van der Waals surface area contributed by atoms with Crippen molar-refractivity contribution < 1.29 is 9.63 Å². The third-order valence-electron chi connectivity index (χ3n) is 5.03. The number of fused-ring (bicyclic) bond motifs is 1. The minimum Gasteiger partial charge on any atom is -0.390 e. The maximum Gasteiger partial charge on any atom is 0.251 e. The normalized spacial score (nSPS) is 15.9. The van der Waals surface area contributed by atoms with Gasteiger partial charge in [0.15, 0.2) is 0 Å². The first-order chi connectivity index (χ1) is 13.6. The summed E-state index contributed by atoms with van der Waals surface area (Å²) in [7, 11) is 0. The van der Waals surface area contributed by atoms with Crippen LogP contribution in [0.1, 0.15) is 35.7 Å². The number of nitrogens with zero attached hydrogens (tertiary/aromatic N) is 2. The Hall–Kier alpha value is -3.21. The molecule has 142 valence electrons. The number of aryl methyl sites for hydroxylation is 1. The zero-order valence-electron chi connectivity index (χ0n) is 16.1. The van der Waals surface area contributed by atoms with Gasteiger partial charge in [-0.3, -0.25) is 9.78 Å². The van der Waals surface area contributed by atoms with Crippen molar-refractivity contribution in [2.75, 3.05) is 6.54 Å². The summed E-state index contributed by atoms with van der Waals surface area (Å²) < 4.78 is 0. The van der Waals surface area contributed by atoms with Gasteiger partial charge in [-0.15, -0.1) is 0 Å². The molecule has 1 aliphatic heterocycles. The first-order valence-electron chi connectivity index (χ1n) is 9.59. The van der Waals surface area contributed by atoms with Crippen LogP contribution in [0.25, 0.3) is 22.0 Å². The summed E-state index contributed by atoms with van der Waals surface area (Å²) >= 11 is 0. The fourth-order valence-electron chi connectivity index (χ4n) is 3.45. The number of rotatable bonds is 5. The molecule has 0 bridgehead atoms. The molecular weight excluding hydrogens is 350 g/mol. The number of oxime groups is 1. The van der Waals surface area contributed by atoms with Gasteiger partial charge in [-0.2, -0.15) is 0 Å². The summed E-state index contributed by atoms with van der Waals surface area (Å²) in [6, 6.07) is 15.9. The summed E-state index contributed by atoms with van der Waals surface area (Å²) in [6.45, 7) is 4.57. The van der Waals surface area contributed by atoms with Crippen LogP contribution in [0.3, 0.4) is 0 Å². The Balaban J connectivity index is 1.54. The minimum atomic E-state index is -0.107. The number of pyridine rings is 1. The first-order valence-corrected chi connectivity index (χ1v) is 9.59. The average molecular weight is 373 g/mol. The molecule has 28 heavy (non-hydrogen) atoms. The highest BCUT2D eigenvalue weighted by Crippen LogP contribution is 2.28. The van der Waals surface area contributed by atoms with Crippen LogP contribution in [-0.4, -0.2) is 29.3 Å². The molecule has 2 aromatic carbocycles. The van der Waals surface area contributed by atoms with E-state index in [0.717, 1.165) is 40.6 Å². The molecule has 1 amide bonds. The number of benzene rings is 2. The standard InChI is InChI=1S/C23H23N3O2/c1-3-18-13-19(28-26-18)14-25-23(27)17-6-4-5-16(12-17)20-9-10-24-22-8-7-15(2)11-21(20)22/h4-12,19H,3,13-14H2,1-2H3,(H,25,27). The van der Waals surface area contributed by atoms with Crippen LogP contribution in [0.4, 0.5) is 0 Å². The van der Waals surface area contributed by atoms with E-state index in [-0.39, 0.29) is 12.0 Å². The van der Waals surface area contributed by atoms with Gasteiger partial charge in [0.25, 0.3) is 5.91 Å². The van der Waals surface area contributed by atoms with E-state index in [1.165, 1.54) is 5.56 Å². The molecule has 3 aromatic rings. The number of aromatic nitrogens is 1. The molecule has 1 N–H and O–H groups in total. The molecule has 0 saturated heterocycles. The van der Waals surface area contributed by atoms with Crippen LogP contribution < -0.4 is 5.32 Å². The van der Waals surface area contributed by atoms with Gasteiger partial charge in [-0.1, -0.05) is 35.8 Å². The third-order valence-corrected chi connectivity index (χ3v) is 5.03. The number of carbonyl (C=O) groups excluding carboxylic acids is 1. The largest absolute Gasteiger partial charge is 0.390 e. The van der Waals surface area contributed by atoms with Gasteiger partial charge in [-0.25, -0.2) is 0 Å². The van der Waals surface area contributed by atoms with Crippen molar-refractivity contribution in [3.05, 3.63) is 65.9 Å². The average Bonchev–Trinajstić information content (AvgIpc) is 3.20. The summed E-state index contributed by atoms with van der Waals surface area (Å²) in [4.78, 5) is 22.4. The zero-order valence-corrected chi connectivity index (χ0v) is 16.1. The Labute approximate surface area is 164 Å². The molecule has 0 saturated carbocycles. The van der Waals surface area contributed by atoms with E-state index in [0.29, 0.717) is 12.1 Å². The van der Waals surface area contributed by atoms with Gasteiger partial charge >= 0.3 is 0 Å². The number of hydrogen-bond donors (Lipinski definition) is 1. The molecule has 1 aliphatic rings. The van der Waals surface area contributed by atoms with Crippen LogP contribution in [0, 0.1) is 6.92 Å². The highest BCUT2D eigenvalue weighted by Gasteiger charge is 2.20. The van der Waals surface area contributed by atoms with Crippen molar-refractivity contribution in [1.82, 2.24) is 10.3 Å². The Morgan fingerprint density at radius 2 is 2.11 bits per heavy atom. The number of carbonyl (C=O) groups is 1. The number of hydrogen-bond acceptors (Lipinski definition) is 4. The molecule has 0 radical (unpaired) electrons. The van der Waals surface area contributed by atoms with Crippen molar-refractivity contribution in [3.8, 4) is 11.1 Å². The van der Waals surface area contributed by atoms with E-state index in [1.807, 2.05) is 42.6 Å². The van der Waals surface area contributed by atoms with E-state index in [1.54, 1.807) is 0 Å². The lowest BCUT2D eigenvalue weighted by atomic mass is 9.98. The van der Waals surface area contributed by atoms with E-state index >= 15 is 0 Å². The maximum absolute atomic E-state index is 12.6. The van der Waals surface area contributed by atoms with Gasteiger partial charge in [0.05, 0.1) is 17.8 Å². The quantitative estimate of drug-likeness (QED) is 0.716. The Kier molecular flexibility index (Phi) is 5.06. The van der Waals surface area contributed by atoms with E-state index in [9.17, 15) is 4.79 Å². The van der Waals surface area contributed by atoms with Gasteiger partial charge in [0.2, 0.25) is 0 Å². The van der Waals surface area contributed by atoms with Crippen LogP contribution in [0.2, 0.25) is 0 Å². The molecule has 0 aliphatic carbocycles. The monoisotopic (exact) mass is 373 g/mol. The van der Waals surface area contributed by atoms with Crippen molar-refractivity contribution in [1.29, 1.82) is 0 Å². The molecule has 1 aromatic heterocycles. The van der Waals surface area contributed by atoms with E-state index in [2.05, 4.69) is 41.4 Å². The molecule has 1 atom stereocenters. The van der Waals surface area contributed by atoms with Gasteiger partial charge in [-0.05, 0) is 54.8 Å². The molecule has 5 heteroatoms. The lowest BCUT2D eigenvalue weighted by Gasteiger charge is -2.11. The topological polar surface area (TPSA) is 63.6 Å². The molecule has 0 spiro atoms. The van der Waals surface area contributed by atoms with Crippen LogP contribution in [-0.2, 0) is 4.84 Å².